The van der Waals surface area contributed by atoms with Gasteiger partial charge in [0.1, 0.15) is 0 Å². The zero-order valence-electron chi connectivity index (χ0n) is 13.9. The lowest BCUT2D eigenvalue weighted by molar-refractivity contribution is -0.140. The molecular formula is C18H24ClN3O2. The van der Waals surface area contributed by atoms with Crippen LogP contribution >= 0.6 is 11.6 Å². The number of likely N-dealkylation sites (tertiary alicyclic amines) is 1. The Labute approximate surface area is 148 Å². The molecule has 0 atom stereocenters. The van der Waals surface area contributed by atoms with Crippen LogP contribution in [0.15, 0.2) is 24.3 Å². The highest BCUT2D eigenvalue weighted by Gasteiger charge is 2.30. The van der Waals surface area contributed by atoms with E-state index in [4.69, 9.17) is 11.6 Å². The van der Waals surface area contributed by atoms with Gasteiger partial charge in [0.15, 0.2) is 0 Å². The summed E-state index contributed by atoms with van der Waals surface area (Å²) in [6.45, 7) is 5.33. The number of carbonyl (C=O) groups excluding carboxylic acids is 2. The van der Waals surface area contributed by atoms with E-state index in [0.29, 0.717) is 26.2 Å². The van der Waals surface area contributed by atoms with E-state index in [1.807, 2.05) is 23.1 Å². The molecule has 0 N–H and O–H groups in total. The van der Waals surface area contributed by atoms with Gasteiger partial charge in [-0.25, -0.2) is 0 Å². The van der Waals surface area contributed by atoms with E-state index >= 15 is 0 Å². The average Bonchev–Trinajstić information content (AvgIpc) is 2.64. The largest absolute Gasteiger partial charge is 0.342 e. The Morgan fingerprint density at radius 2 is 1.75 bits per heavy atom. The summed E-state index contributed by atoms with van der Waals surface area (Å²) < 4.78 is 0. The van der Waals surface area contributed by atoms with E-state index in [9.17, 15) is 9.59 Å². The first-order chi connectivity index (χ1) is 11.7. The topological polar surface area (TPSA) is 43.9 Å². The van der Waals surface area contributed by atoms with Crippen molar-refractivity contribution in [2.75, 3.05) is 39.3 Å². The van der Waals surface area contributed by atoms with E-state index in [1.165, 1.54) is 0 Å². The van der Waals surface area contributed by atoms with Crippen molar-refractivity contribution in [2.45, 2.75) is 19.4 Å². The molecule has 2 heterocycles. The normalized spacial score (nSPS) is 20.2. The van der Waals surface area contributed by atoms with Gasteiger partial charge in [0.05, 0.1) is 0 Å². The van der Waals surface area contributed by atoms with E-state index < -0.39 is 0 Å². The predicted octanol–water partition coefficient (Wildman–Crippen LogP) is 1.85. The molecule has 0 aromatic heterocycles. The fourth-order valence-electron chi connectivity index (χ4n) is 3.51. The van der Waals surface area contributed by atoms with Crippen molar-refractivity contribution >= 4 is 23.9 Å². The number of hydrogen-bond acceptors (Lipinski definition) is 3. The van der Waals surface area contributed by atoms with Crippen molar-refractivity contribution in [2.24, 2.45) is 5.92 Å². The highest BCUT2D eigenvalue weighted by Crippen LogP contribution is 2.24. The average molecular weight is 350 g/mol. The standard InChI is InChI=1S/C18H24ClN3O2/c19-17-4-2-1-3-16(17)13-20-7-5-15(6-8-20)18(24)22-11-9-21(14-23)10-12-22/h1-4,14-15H,5-13H2. The van der Waals surface area contributed by atoms with Crippen LogP contribution in [0.4, 0.5) is 0 Å². The van der Waals surface area contributed by atoms with Crippen molar-refractivity contribution in [3.63, 3.8) is 0 Å². The number of piperidine rings is 1. The van der Waals surface area contributed by atoms with Crippen molar-refractivity contribution < 1.29 is 9.59 Å². The zero-order valence-corrected chi connectivity index (χ0v) is 14.6. The first-order valence-electron chi connectivity index (χ1n) is 8.61. The summed E-state index contributed by atoms with van der Waals surface area (Å²) in [4.78, 5) is 29.4. The molecule has 3 rings (SSSR count). The molecule has 1 aromatic rings. The van der Waals surface area contributed by atoms with Crippen LogP contribution in [-0.2, 0) is 16.1 Å². The molecule has 0 radical (unpaired) electrons. The third-order valence-corrected chi connectivity index (χ3v) is 5.43. The van der Waals surface area contributed by atoms with Gasteiger partial charge in [0.25, 0.3) is 0 Å². The van der Waals surface area contributed by atoms with Crippen molar-refractivity contribution in [3.05, 3.63) is 34.9 Å². The second-order valence-corrected chi connectivity index (χ2v) is 7.02. The number of benzene rings is 1. The Balaban J connectivity index is 1.47. The summed E-state index contributed by atoms with van der Waals surface area (Å²) in [5.41, 5.74) is 1.15. The molecule has 2 saturated heterocycles. The molecule has 0 spiro atoms. The van der Waals surface area contributed by atoms with E-state index in [1.54, 1.807) is 4.90 Å². The minimum atomic E-state index is 0.121. The Bertz CT molecular complexity index is 579. The summed E-state index contributed by atoms with van der Waals surface area (Å²) in [5.74, 6) is 0.383. The van der Waals surface area contributed by atoms with Crippen LogP contribution in [-0.4, -0.2) is 66.3 Å². The lowest BCUT2D eigenvalue weighted by atomic mass is 9.94. The minimum absolute atomic E-state index is 0.121. The summed E-state index contributed by atoms with van der Waals surface area (Å²) >= 11 is 6.23. The van der Waals surface area contributed by atoms with Crippen LogP contribution in [0.2, 0.25) is 5.02 Å². The van der Waals surface area contributed by atoms with Crippen LogP contribution in [0.3, 0.4) is 0 Å². The first kappa shape index (κ1) is 17.2. The maximum atomic E-state index is 12.6. The lowest BCUT2D eigenvalue weighted by Crippen LogP contribution is -2.51. The molecule has 130 valence electrons. The van der Waals surface area contributed by atoms with Crippen molar-refractivity contribution in [3.8, 4) is 0 Å². The maximum Gasteiger partial charge on any atom is 0.225 e. The predicted molar refractivity (Wildman–Crippen MR) is 93.7 cm³/mol. The van der Waals surface area contributed by atoms with Gasteiger partial charge in [0.2, 0.25) is 12.3 Å². The molecule has 0 bridgehead atoms. The molecule has 5 nitrogen and oxygen atoms in total. The number of nitrogens with zero attached hydrogens (tertiary/aromatic N) is 3. The number of halogens is 1. The number of rotatable bonds is 4. The van der Waals surface area contributed by atoms with E-state index in [0.717, 1.165) is 49.5 Å². The highest BCUT2D eigenvalue weighted by molar-refractivity contribution is 6.31. The molecule has 1 aromatic carbocycles. The molecule has 24 heavy (non-hydrogen) atoms. The lowest BCUT2D eigenvalue weighted by Gasteiger charge is -2.37. The number of amides is 2. The molecule has 2 fully saturated rings. The monoisotopic (exact) mass is 349 g/mol. The van der Waals surface area contributed by atoms with E-state index in [-0.39, 0.29) is 11.8 Å². The van der Waals surface area contributed by atoms with Crippen molar-refractivity contribution in [1.29, 1.82) is 0 Å². The zero-order chi connectivity index (χ0) is 16.9. The molecule has 0 saturated carbocycles. The molecule has 0 aliphatic carbocycles. The van der Waals surface area contributed by atoms with Gasteiger partial charge < -0.3 is 9.80 Å². The first-order valence-corrected chi connectivity index (χ1v) is 8.99. The maximum absolute atomic E-state index is 12.6. The second-order valence-electron chi connectivity index (χ2n) is 6.61. The van der Waals surface area contributed by atoms with Crippen LogP contribution in [0.1, 0.15) is 18.4 Å². The number of carbonyl (C=O) groups is 2. The van der Waals surface area contributed by atoms with Crippen LogP contribution in [0.25, 0.3) is 0 Å². The molecule has 0 unspecified atom stereocenters. The molecule has 2 aliphatic rings. The number of hydrogen-bond donors (Lipinski definition) is 0. The van der Waals surface area contributed by atoms with Gasteiger partial charge in [-0.1, -0.05) is 29.8 Å². The Hall–Kier alpha value is -1.59. The van der Waals surface area contributed by atoms with Crippen molar-refractivity contribution in [1.82, 2.24) is 14.7 Å². The summed E-state index contributed by atoms with van der Waals surface area (Å²) in [5, 5.41) is 0.809. The SMILES string of the molecule is O=CN1CCN(C(=O)C2CCN(Cc3ccccc3Cl)CC2)CC1. The third-order valence-electron chi connectivity index (χ3n) is 5.06. The van der Waals surface area contributed by atoms with Gasteiger partial charge in [-0.3, -0.25) is 14.5 Å². The van der Waals surface area contributed by atoms with Crippen LogP contribution < -0.4 is 0 Å². The highest BCUT2D eigenvalue weighted by atomic mass is 35.5. The third kappa shape index (κ3) is 4.08. The van der Waals surface area contributed by atoms with Gasteiger partial charge >= 0.3 is 0 Å². The molecular weight excluding hydrogens is 326 g/mol. The number of piperazine rings is 1. The summed E-state index contributed by atoms with van der Waals surface area (Å²) in [6.07, 6.45) is 2.67. The van der Waals surface area contributed by atoms with Crippen LogP contribution in [0.5, 0.6) is 0 Å². The second kappa shape index (κ2) is 7.99. The van der Waals surface area contributed by atoms with Gasteiger partial charge in [-0.15, -0.1) is 0 Å². The molecule has 2 aliphatic heterocycles. The Morgan fingerprint density at radius 3 is 2.38 bits per heavy atom. The minimum Gasteiger partial charge on any atom is -0.342 e. The van der Waals surface area contributed by atoms with Crippen LogP contribution in [0, 0.1) is 5.92 Å². The summed E-state index contributed by atoms with van der Waals surface area (Å²) in [6, 6.07) is 7.94. The molecule has 2 amide bonds. The smallest absolute Gasteiger partial charge is 0.225 e. The quantitative estimate of drug-likeness (QED) is 0.779. The Kier molecular flexibility index (Phi) is 5.74. The van der Waals surface area contributed by atoms with Gasteiger partial charge in [-0.05, 0) is 37.6 Å². The Morgan fingerprint density at radius 1 is 1.08 bits per heavy atom. The fraction of sp³-hybridized carbons (Fsp3) is 0.556. The summed E-state index contributed by atoms with van der Waals surface area (Å²) in [7, 11) is 0. The fourth-order valence-corrected chi connectivity index (χ4v) is 3.71. The van der Waals surface area contributed by atoms with E-state index in [2.05, 4.69) is 11.0 Å². The molecule has 6 heteroatoms. The van der Waals surface area contributed by atoms with Gasteiger partial charge in [0, 0.05) is 43.7 Å². The van der Waals surface area contributed by atoms with Gasteiger partial charge in [-0.2, -0.15) is 0 Å².